The number of esters is 2. The summed E-state index contributed by atoms with van der Waals surface area (Å²) in [5, 5.41) is 1.17. The van der Waals surface area contributed by atoms with Gasteiger partial charge in [-0.2, -0.15) is 0 Å². The molecule has 0 spiro atoms. The normalized spacial score (nSPS) is 11.4. The molecule has 4 rings (SSSR count). The van der Waals surface area contributed by atoms with Crippen LogP contribution in [0.2, 0.25) is 0 Å². The maximum atomic E-state index is 13.0. The minimum atomic E-state index is -1.05. The molecule has 0 aliphatic heterocycles. The molecule has 0 fully saturated rings. The topological polar surface area (TPSA) is 82.8 Å². The zero-order chi connectivity index (χ0) is 22.9. The van der Waals surface area contributed by atoms with Gasteiger partial charge in [0.1, 0.15) is 18.1 Å². The van der Waals surface area contributed by atoms with E-state index in [9.17, 15) is 14.4 Å². The number of carbonyl (C=O) groups is 2. The lowest BCUT2D eigenvalue weighted by Gasteiger charge is -2.21. The molecule has 162 valence electrons. The standard InChI is InChI=1S/C25H20O6S/c1-4-22(26)30-14-25(2,3)24(28)31-16-8-10-18-21(13-16)32-20-12-15(19-6-5-11-29-19)7-9-17(20)23(18)27/h4-13H,1,14H2,2-3H3. The van der Waals surface area contributed by atoms with E-state index in [2.05, 4.69) is 6.58 Å². The van der Waals surface area contributed by atoms with E-state index in [-0.39, 0.29) is 12.0 Å². The largest absolute Gasteiger partial charge is 0.464 e. The fraction of sp³-hybridized carbons (Fsp3) is 0.160. The highest BCUT2D eigenvalue weighted by atomic mass is 32.1. The highest BCUT2D eigenvalue weighted by Crippen LogP contribution is 2.32. The minimum absolute atomic E-state index is 0.0886. The van der Waals surface area contributed by atoms with Gasteiger partial charge in [-0.25, -0.2) is 4.79 Å². The van der Waals surface area contributed by atoms with Crippen LogP contribution in [-0.4, -0.2) is 18.5 Å². The van der Waals surface area contributed by atoms with Crippen molar-refractivity contribution >= 4 is 43.4 Å². The van der Waals surface area contributed by atoms with Crippen LogP contribution in [0.25, 0.3) is 31.5 Å². The lowest BCUT2D eigenvalue weighted by atomic mass is 9.95. The van der Waals surface area contributed by atoms with E-state index in [1.807, 2.05) is 24.3 Å². The summed E-state index contributed by atoms with van der Waals surface area (Å²) in [5.74, 6) is -0.138. The van der Waals surface area contributed by atoms with Crippen LogP contribution in [0.4, 0.5) is 0 Å². The highest BCUT2D eigenvalue weighted by Gasteiger charge is 2.31. The molecule has 32 heavy (non-hydrogen) atoms. The second-order valence-electron chi connectivity index (χ2n) is 7.86. The Labute approximate surface area is 187 Å². The smallest absolute Gasteiger partial charge is 0.330 e. The molecule has 0 unspecified atom stereocenters. The van der Waals surface area contributed by atoms with Gasteiger partial charge in [0.25, 0.3) is 0 Å². The van der Waals surface area contributed by atoms with Crippen LogP contribution in [-0.2, 0) is 14.3 Å². The first-order valence-corrected chi connectivity index (χ1v) is 10.7. The molecule has 0 atom stereocenters. The van der Waals surface area contributed by atoms with Crippen LogP contribution in [0.5, 0.6) is 5.75 Å². The van der Waals surface area contributed by atoms with Gasteiger partial charge in [-0.3, -0.25) is 9.59 Å². The second kappa shape index (κ2) is 8.43. The SMILES string of the molecule is C=CC(=O)OCC(C)(C)C(=O)Oc1ccc2c(=O)c3ccc(-c4ccco4)cc3sc2c1. The van der Waals surface area contributed by atoms with Crippen LogP contribution >= 0.6 is 11.3 Å². The van der Waals surface area contributed by atoms with Crippen LogP contribution in [0.1, 0.15) is 13.8 Å². The van der Waals surface area contributed by atoms with Crippen molar-refractivity contribution in [3.05, 3.63) is 77.7 Å². The summed E-state index contributed by atoms with van der Waals surface area (Å²) in [5.41, 5.74) is -0.271. The molecule has 2 heterocycles. The summed E-state index contributed by atoms with van der Waals surface area (Å²) >= 11 is 1.43. The third-order valence-corrected chi connectivity index (χ3v) is 6.07. The van der Waals surface area contributed by atoms with Gasteiger partial charge in [-0.05, 0) is 56.3 Å². The van der Waals surface area contributed by atoms with Crippen molar-refractivity contribution in [3.63, 3.8) is 0 Å². The summed E-state index contributed by atoms with van der Waals surface area (Å²) < 4.78 is 17.5. The van der Waals surface area contributed by atoms with Crippen LogP contribution in [0.3, 0.4) is 0 Å². The average Bonchev–Trinajstić information content (AvgIpc) is 3.32. The first kappa shape index (κ1) is 21.5. The van der Waals surface area contributed by atoms with Crippen molar-refractivity contribution in [1.82, 2.24) is 0 Å². The summed E-state index contributed by atoms with van der Waals surface area (Å²) in [4.78, 5) is 36.9. The Morgan fingerprint density at radius 1 is 1.09 bits per heavy atom. The number of carbonyl (C=O) groups excluding carboxylic acids is 2. The Morgan fingerprint density at radius 2 is 1.81 bits per heavy atom. The molecule has 7 heteroatoms. The third kappa shape index (κ3) is 4.20. The van der Waals surface area contributed by atoms with E-state index in [4.69, 9.17) is 13.9 Å². The number of furan rings is 1. The first-order valence-electron chi connectivity index (χ1n) is 9.84. The Bertz CT molecular complexity index is 1400. The molecular weight excluding hydrogens is 428 g/mol. The molecular formula is C25H20O6S. The third-order valence-electron chi connectivity index (χ3n) is 4.95. The van der Waals surface area contributed by atoms with E-state index in [1.54, 1.807) is 44.4 Å². The van der Waals surface area contributed by atoms with Gasteiger partial charge in [0.15, 0.2) is 5.43 Å². The van der Waals surface area contributed by atoms with Gasteiger partial charge < -0.3 is 13.9 Å². The fourth-order valence-electron chi connectivity index (χ4n) is 3.11. The summed E-state index contributed by atoms with van der Waals surface area (Å²) in [7, 11) is 0. The van der Waals surface area contributed by atoms with Gasteiger partial charge >= 0.3 is 11.9 Å². The van der Waals surface area contributed by atoms with Crippen LogP contribution in [0.15, 0.2) is 76.7 Å². The quantitative estimate of drug-likeness (QED) is 0.171. The minimum Gasteiger partial charge on any atom is -0.464 e. The Kier molecular flexibility index (Phi) is 5.67. The Hall–Kier alpha value is -3.71. The van der Waals surface area contributed by atoms with Crippen LogP contribution in [0, 0.1) is 5.41 Å². The maximum Gasteiger partial charge on any atom is 0.330 e. The molecule has 0 amide bonds. The van der Waals surface area contributed by atoms with Crippen molar-refractivity contribution in [2.75, 3.05) is 6.61 Å². The summed E-state index contributed by atoms with van der Waals surface area (Å²) in [6.07, 6.45) is 2.64. The molecule has 0 saturated heterocycles. The molecule has 4 aromatic rings. The van der Waals surface area contributed by atoms with Gasteiger partial charge in [0.05, 0.1) is 11.7 Å². The molecule has 2 aromatic heterocycles. The predicted molar refractivity (Wildman–Crippen MR) is 124 cm³/mol. The van der Waals surface area contributed by atoms with Crippen molar-refractivity contribution in [2.45, 2.75) is 13.8 Å². The molecule has 0 aliphatic rings. The first-order chi connectivity index (χ1) is 15.3. The molecule has 6 nitrogen and oxygen atoms in total. The molecule has 2 aromatic carbocycles. The van der Waals surface area contributed by atoms with E-state index >= 15 is 0 Å². The number of rotatable bonds is 6. The second-order valence-corrected chi connectivity index (χ2v) is 8.95. The van der Waals surface area contributed by atoms with E-state index in [0.29, 0.717) is 27.0 Å². The van der Waals surface area contributed by atoms with Gasteiger partial charge in [0.2, 0.25) is 0 Å². The van der Waals surface area contributed by atoms with Crippen molar-refractivity contribution in [1.29, 1.82) is 0 Å². The molecule has 0 radical (unpaired) electrons. The van der Waals surface area contributed by atoms with Crippen molar-refractivity contribution < 1.29 is 23.5 Å². The number of fused-ring (bicyclic) bond motifs is 2. The fourth-order valence-corrected chi connectivity index (χ4v) is 4.25. The zero-order valence-corrected chi connectivity index (χ0v) is 18.4. The van der Waals surface area contributed by atoms with Crippen molar-refractivity contribution in [3.8, 4) is 17.1 Å². The predicted octanol–water partition coefficient (Wildman–Crippen LogP) is 5.34. The van der Waals surface area contributed by atoms with Crippen molar-refractivity contribution in [2.24, 2.45) is 5.41 Å². The lowest BCUT2D eigenvalue weighted by Crippen LogP contribution is -2.34. The lowest BCUT2D eigenvalue weighted by molar-refractivity contribution is -0.152. The van der Waals surface area contributed by atoms with Gasteiger partial charge in [-0.1, -0.05) is 12.6 Å². The highest BCUT2D eigenvalue weighted by molar-refractivity contribution is 7.24. The average molecular weight is 448 g/mol. The molecule has 0 N–H and O–H groups in total. The van der Waals surface area contributed by atoms with E-state index in [1.165, 1.54) is 11.3 Å². The number of benzene rings is 2. The number of hydrogen-bond acceptors (Lipinski definition) is 7. The zero-order valence-electron chi connectivity index (χ0n) is 17.5. The molecule has 0 saturated carbocycles. The number of hydrogen-bond donors (Lipinski definition) is 0. The van der Waals surface area contributed by atoms with Gasteiger partial charge in [0, 0.05) is 31.8 Å². The monoisotopic (exact) mass is 448 g/mol. The summed E-state index contributed by atoms with van der Waals surface area (Å²) in [6.45, 7) is 6.43. The van der Waals surface area contributed by atoms with Gasteiger partial charge in [-0.15, -0.1) is 11.3 Å². The number of ether oxygens (including phenoxy) is 2. The maximum absolute atomic E-state index is 13.0. The van der Waals surface area contributed by atoms with Crippen LogP contribution < -0.4 is 10.2 Å². The Morgan fingerprint density at radius 3 is 2.50 bits per heavy atom. The molecule has 0 bridgehead atoms. The Balaban J connectivity index is 1.66. The van der Waals surface area contributed by atoms with E-state index < -0.39 is 17.4 Å². The van der Waals surface area contributed by atoms with E-state index in [0.717, 1.165) is 16.3 Å². The molecule has 0 aliphatic carbocycles. The summed E-state index contributed by atoms with van der Waals surface area (Å²) in [6, 6.07) is 14.1.